The Morgan fingerprint density at radius 2 is 2.12 bits per heavy atom. The number of primary amides is 1. The zero-order chi connectivity index (χ0) is 17.4. The Kier molecular flexibility index (Phi) is 3.80. The lowest BCUT2D eigenvalue weighted by Gasteiger charge is -2.10. The molecule has 2 amide bonds. The predicted octanol–water partition coefficient (Wildman–Crippen LogP) is 2.54. The third-order valence-corrected chi connectivity index (χ3v) is 3.51. The van der Waals surface area contributed by atoms with E-state index in [9.17, 15) is 23.5 Å². The number of carbonyl (C=O) groups excluding carboxylic acids is 2. The minimum absolute atomic E-state index is 0.0154. The van der Waals surface area contributed by atoms with Gasteiger partial charge in [0.2, 0.25) is 5.76 Å². The number of hydrogen-bond donors (Lipinski definition) is 3. The number of aromatic hydroxyl groups is 1. The van der Waals surface area contributed by atoms with Gasteiger partial charge in [-0.05, 0) is 12.1 Å². The summed E-state index contributed by atoms with van der Waals surface area (Å²) in [6.07, 6.45) is 2.80. The molecule has 0 saturated carbocycles. The van der Waals surface area contributed by atoms with E-state index in [4.69, 9.17) is 10.2 Å². The van der Waals surface area contributed by atoms with Crippen LogP contribution in [0.1, 0.15) is 17.0 Å². The van der Waals surface area contributed by atoms with E-state index >= 15 is 0 Å². The van der Waals surface area contributed by atoms with Crippen LogP contribution in [-0.4, -0.2) is 23.1 Å². The monoisotopic (exact) mass is 334 g/mol. The Morgan fingerprint density at radius 3 is 2.75 bits per heavy atom. The minimum atomic E-state index is -1.16. The fourth-order valence-electron chi connectivity index (χ4n) is 2.39. The molecule has 4 N–H and O–H groups in total. The van der Waals surface area contributed by atoms with Crippen molar-refractivity contribution in [1.82, 2.24) is 0 Å². The SMILES string of the molecule is NC(=O)c1oc2c(O)cc(F)cc2c1NC(=O)C1=CCC(F)C=C1. The summed E-state index contributed by atoms with van der Waals surface area (Å²) in [5, 5.41) is 12.1. The van der Waals surface area contributed by atoms with E-state index in [2.05, 4.69) is 5.32 Å². The molecule has 8 heteroatoms. The molecule has 124 valence electrons. The number of rotatable bonds is 3. The number of phenols is 1. The number of anilines is 1. The number of nitrogens with two attached hydrogens (primary N) is 1. The lowest BCUT2D eigenvalue weighted by atomic mass is 10.1. The largest absolute Gasteiger partial charge is 0.504 e. The van der Waals surface area contributed by atoms with E-state index in [0.29, 0.717) is 0 Å². The average Bonchev–Trinajstić information content (AvgIpc) is 2.87. The summed E-state index contributed by atoms with van der Waals surface area (Å²) in [7, 11) is 0. The fourth-order valence-corrected chi connectivity index (χ4v) is 2.39. The van der Waals surface area contributed by atoms with E-state index in [1.165, 1.54) is 18.2 Å². The summed E-state index contributed by atoms with van der Waals surface area (Å²) in [5.74, 6) is -3.40. The van der Waals surface area contributed by atoms with Crippen LogP contribution >= 0.6 is 0 Å². The van der Waals surface area contributed by atoms with E-state index in [-0.39, 0.29) is 28.7 Å². The van der Waals surface area contributed by atoms with Crippen LogP contribution in [0.5, 0.6) is 5.75 Å². The van der Waals surface area contributed by atoms with E-state index in [1.807, 2.05) is 0 Å². The Labute approximate surface area is 134 Å². The second-order valence-corrected chi connectivity index (χ2v) is 5.20. The number of amides is 2. The summed E-state index contributed by atoms with van der Waals surface area (Å²) >= 11 is 0. The number of halogens is 2. The summed E-state index contributed by atoms with van der Waals surface area (Å²) < 4.78 is 31.7. The first-order valence-electron chi connectivity index (χ1n) is 6.95. The van der Waals surface area contributed by atoms with Crippen LogP contribution in [0.3, 0.4) is 0 Å². The first-order valence-corrected chi connectivity index (χ1v) is 6.95. The molecule has 2 aromatic rings. The second kappa shape index (κ2) is 5.80. The fraction of sp³-hybridized carbons (Fsp3) is 0.125. The van der Waals surface area contributed by atoms with E-state index in [0.717, 1.165) is 12.1 Å². The van der Waals surface area contributed by atoms with Crippen LogP contribution in [0.15, 0.2) is 40.4 Å². The molecule has 1 aromatic heterocycles. The molecule has 0 saturated heterocycles. The molecule has 1 heterocycles. The van der Waals surface area contributed by atoms with Crippen LogP contribution in [0.25, 0.3) is 11.0 Å². The molecule has 0 spiro atoms. The number of furan rings is 1. The van der Waals surface area contributed by atoms with Crippen molar-refractivity contribution < 1.29 is 27.9 Å². The van der Waals surface area contributed by atoms with Gasteiger partial charge in [0.05, 0.1) is 5.39 Å². The van der Waals surface area contributed by atoms with Gasteiger partial charge in [0.15, 0.2) is 11.3 Å². The third kappa shape index (κ3) is 2.73. The number of nitrogens with one attached hydrogen (secondary N) is 1. The van der Waals surface area contributed by atoms with Crippen molar-refractivity contribution in [3.8, 4) is 5.75 Å². The summed E-state index contributed by atoms with van der Waals surface area (Å²) in [5.41, 5.74) is 5.04. The molecule has 0 aliphatic heterocycles. The number of allylic oxidation sites excluding steroid dienone is 2. The summed E-state index contributed by atoms with van der Waals surface area (Å²) in [6.45, 7) is 0. The Bertz CT molecular complexity index is 914. The van der Waals surface area contributed by atoms with Crippen molar-refractivity contribution in [3.63, 3.8) is 0 Å². The number of fused-ring (bicyclic) bond motifs is 1. The van der Waals surface area contributed by atoms with Crippen molar-refractivity contribution in [2.24, 2.45) is 5.73 Å². The van der Waals surface area contributed by atoms with Gasteiger partial charge in [0, 0.05) is 18.1 Å². The van der Waals surface area contributed by atoms with E-state index in [1.54, 1.807) is 0 Å². The lowest BCUT2D eigenvalue weighted by Crippen LogP contribution is -2.19. The summed E-state index contributed by atoms with van der Waals surface area (Å²) in [6, 6.07) is 1.79. The molecular weight excluding hydrogens is 322 g/mol. The predicted molar refractivity (Wildman–Crippen MR) is 81.7 cm³/mol. The Morgan fingerprint density at radius 1 is 1.38 bits per heavy atom. The number of carbonyl (C=O) groups is 2. The van der Waals surface area contributed by atoms with Crippen molar-refractivity contribution >= 4 is 28.5 Å². The maximum absolute atomic E-state index is 13.5. The smallest absolute Gasteiger partial charge is 0.286 e. The molecule has 1 aliphatic rings. The van der Waals surface area contributed by atoms with Gasteiger partial charge >= 0.3 is 0 Å². The van der Waals surface area contributed by atoms with Gasteiger partial charge < -0.3 is 20.6 Å². The van der Waals surface area contributed by atoms with Gasteiger partial charge in [-0.1, -0.05) is 12.2 Å². The van der Waals surface area contributed by atoms with Gasteiger partial charge in [-0.3, -0.25) is 9.59 Å². The molecule has 1 unspecified atom stereocenters. The Balaban J connectivity index is 2.05. The van der Waals surface area contributed by atoms with Gasteiger partial charge in [0.25, 0.3) is 11.8 Å². The highest BCUT2D eigenvalue weighted by molar-refractivity contribution is 6.15. The second-order valence-electron chi connectivity index (χ2n) is 5.20. The van der Waals surface area contributed by atoms with Crippen LogP contribution in [-0.2, 0) is 4.79 Å². The quantitative estimate of drug-likeness (QED) is 0.802. The normalized spacial score (nSPS) is 16.9. The highest BCUT2D eigenvalue weighted by Crippen LogP contribution is 2.37. The first kappa shape index (κ1) is 15.7. The maximum Gasteiger partial charge on any atom is 0.286 e. The van der Waals surface area contributed by atoms with Crippen molar-refractivity contribution in [2.75, 3.05) is 5.32 Å². The van der Waals surface area contributed by atoms with Gasteiger partial charge in [-0.25, -0.2) is 8.78 Å². The molecule has 0 bridgehead atoms. The minimum Gasteiger partial charge on any atom is -0.504 e. The lowest BCUT2D eigenvalue weighted by molar-refractivity contribution is -0.112. The van der Waals surface area contributed by atoms with Crippen LogP contribution in [0, 0.1) is 5.82 Å². The van der Waals surface area contributed by atoms with Crippen LogP contribution in [0.2, 0.25) is 0 Å². The molecule has 1 atom stereocenters. The van der Waals surface area contributed by atoms with Gasteiger partial charge in [0.1, 0.15) is 17.7 Å². The van der Waals surface area contributed by atoms with Crippen molar-refractivity contribution in [2.45, 2.75) is 12.6 Å². The summed E-state index contributed by atoms with van der Waals surface area (Å²) in [4.78, 5) is 23.8. The molecule has 6 nitrogen and oxygen atoms in total. The number of hydrogen-bond acceptors (Lipinski definition) is 4. The molecular formula is C16H12F2N2O4. The number of benzene rings is 1. The molecule has 24 heavy (non-hydrogen) atoms. The van der Waals surface area contributed by atoms with Crippen LogP contribution < -0.4 is 11.1 Å². The van der Waals surface area contributed by atoms with Crippen molar-refractivity contribution in [3.05, 3.63) is 47.5 Å². The average molecular weight is 334 g/mol. The topological polar surface area (TPSA) is 106 Å². The maximum atomic E-state index is 13.5. The zero-order valence-corrected chi connectivity index (χ0v) is 12.2. The molecule has 1 aromatic carbocycles. The molecule has 0 fully saturated rings. The third-order valence-electron chi connectivity index (χ3n) is 3.51. The zero-order valence-electron chi connectivity index (χ0n) is 12.2. The highest BCUT2D eigenvalue weighted by atomic mass is 19.1. The van der Waals surface area contributed by atoms with Gasteiger partial charge in [-0.2, -0.15) is 0 Å². The van der Waals surface area contributed by atoms with Crippen molar-refractivity contribution in [1.29, 1.82) is 0 Å². The standard InChI is InChI=1S/C16H12F2N2O4/c17-8-3-1-7(2-4-8)16(23)20-12-10-5-9(18)6-11(21)13(10)24-14(12)15(19)22/h1-3,5-6,8,21H,4H2,(H2,19,22)(H,20,23). The highest BCUT2D eigenvalue weighted by Gasteiger charge is 2.24. The molecule has 3 rings (SSSR count). The first-order chi connectivity index (χ1) is 11.4. The van der Waals surface area contributed by atoms with Crippen LogP contribution in [0.4, 0.5) is 14.5 Å². The molecule has 1 aliphatic carbocycles. The number of alkyl halides is 1. The molecule has 0 radical (unpaired) electrons. The Hall–Kier alpha value is -3.16. The van der Waals surface area contributed by atoms with E-state index < -0.39 is 35.3 Å². The van der Waals surface area contributed by atoms with Gasteiger partial charge in [-0.15, -0.1) is 0 Å². The number of phenolic OH excluding ortho intramolecular Hbond substituents is 1.